The summed E-state index contributed by atoms with van der Waals surface area (Å²) in [7, 11) is 2.92. The van der Waals surface area contributed by atoms with Crippen LogP contribution in [0.5, 0.6) is 17.2 Å². The lowest BCUT2D eigenvalue weighted by Crippen LogP contribution is -2.32. The number of methoxy groups -OCH3 is 2. The van der Waals surface area contributed by atoms with Gasteiger partial charge in [0.25, 0.3) is 11.7 Å². The fourth-order valence-corrected chi connectivity index (χ4v) is 3.68. The molecule has 1 unspecified atom stereocenters. The number of phenols is 1. The molecule has 8 heteroatoms. The van der Waals surface area contributed by atoms with Gasteiger partial charge in [0.15, 0.2) is 11.5 Å². The first-order valence-corrected chi connectivity index (χ1v) is 10.7. The number of Topliss-reactive ketones (excluding diaryl/α,β-unsaturated/α-hetero) is 1. The van der Waals surface area contributed by atoms with Crippen molar-refractivity contribution in [3.05, 3.63) is 59.2 Å². The summed E-state index contributed by atoms with van der Waals surface area (Å²) < 4.78 is 15.9. The highest BCUT2D eigenvalue weighted by molar-refractivity contribution is 6.46. The number of carbonyl (C=O) groups excluding carboxylic acids is 2. The van der Waals surface area contributed by atoms with Crippen LogP contribution < -0.4 is 9.47 Å². The molecule has 2 aromatic rings. The molecule has 2 aromatic carbocycles. The van der Waals surface area contributed by atoms with Crippen LogP contribution in [-0.2, 0) is 14.3 Å². The average molecular weight is 456 g/mol. The number of ether oxygens (including phenoxy) is 3. The number of benzene rings is 2. The van der Waals surface area contributed by atoms with Crippen molar-refractivity contribution in [3.63, 3.8) is 0 Å². The van der Waals surface area contributed by atoms with Crippen molar-refractivity contribution in [3.8, 4) is 17.2 Å². The molecule has 1 amide bonds. The number of hydrogen-bond donors (Lipinski definition) is 2. The van der Waals surface area contributed by atoms with Crippen molar-refractivity contribution in [1.82, 2.24) is 4.90 Å². The molecule has 0 aliphatic carbocycles. The number of amides is 1. The van der Waals surface area contributed by atoms with Gasteiger partial charge in [-0.3, -0.25) is 9.59 Å². The number of nitrogens with zero attached hydrogens (tertiary/aromatic N) is 1. The van der Waals surface area contributed by atoms with Crippen molar-refractivity contribution in [2.24, 2.45) is 5.92 Å². The van der Waals surface area contributed by atoms with Crippen LogP contribution in [0.2, 0.25) is 0 Å². The monoisotopic (exact) mass is 455 g/mol. The Hall–Kier alpha value is -3.52. The predicted molar refractivity (Wildman–Crippen MR) is 122 cm³/mol. The first-order valence-electron chi connectivity index (χ1n) is 10.7. The van der Waals surface area contributed by atoms with Crippen LogP contribution in [0.25, 0.3) is 5.76 Å². The topological polar surface area (TPSA) is 106 Å². The number of phenolic OH excluding ortho intramolecular Hbond substituents is 1. The van der Waals surface area contributed by atoms with Crippen LogP contribution in [0.4, 0.5) is 0 Å². The Kier molecular flexibility index (Phi) is 7.60. The Bertz CT molecular complexity index is 1060. The number of ketones is 1. The Morgan fingerprint density at radius 2 is 1.88 bits per heavy atom. The number of aromatic hydroxyl groups is 1. The van der Waals surface area contributed by atoms with E-state index in [4.69, 9.17) is 14.2 Å². The van der Waals surface area contributed by atoms with Gasteiger partial charge in [0.2, 0.25) is 0 Å². The Morgan fingerprint density at radius 1 is 1.12 bits per heavy atom. The van der Waals surface area contributed by atoms with Gasteiger partial charge in [-0.1, -0.05) is 32.0 Å². The van der Waals surface area contributed by atoms with Crippen LogP contribution in [0.15, 0.2) is 48.0 Å². The molecule has 0 saturated carbocycles. The zero-order valence-electron chi connectivity index (χ0n) is 19.2. The first kappa shape index (κ1) is 24.1. The summed E-state index contributed by atoms with van der Waals surface area (Å²) >= 11 is 0. The van der Waals surface area contributed by atoms with Gasteiger partial charge < -0.3 is 29.3 Å². The second-order valence-electron chi connectivity index (χ2n) is 8.15. The third-order valence-corrected chi connectivity index (χ3v) is 5.29. The highest BCUT2D eigenvalue weighted by Gasteiger charge is 2.46. The van der Waals surface area contributed by atoms with Crippen LogP contribution in [-0.4, -0.2) is 60.8 Å². The highest BCUT2D eigenvalue weighted by Crippen LogP contribution is 2.41. The fourth-order valence-electron chi connectivity index (χ4n) is 3.68. The summed E-state index contributed by atoms with van der Waals surface area (Å²) in [6, 6.07) is 10.4. The van der Waals surface area contributed by atoms with Gasteiger partial charge in [0.1, 0.15) is 11.5 Å². The summed E-state index contributed by atoms with van der Waals surface area (Å²) in [5, 5.41) is 21.5. The first-order chi connectivity index (χ1) is 15.8. The van der Waals surface area contributed by atoms with Gasteiger partial charge in [0, 0.05) is 19.2 Å². The van der Waals surface area contributed by atoms with Crippen molar-refractivity contribution in [2.45, 2.75) is 19.9 Å². The lowest BCUT2D eigenvalue weighted by Gasteiger charge is -2.25. The quantitative estimate of drug-likeness (QED) is 0.339. The maximum atomic E-state index is 13.0. The lowest BCUT2D eigenvalue weighted by atomic mass is 9.95. The number of carbonyl (C=O) groups is 2. The van der Waals surface area contributed by atoms with E-state index in [1.165, 1.54) is 25.2 Å². The smallest absolute Gasteiger partial charge is 0.295 e. The van der Waals surface area contributed by atoms with E-state index in [0.29, 0.717) is 29.4 Å². The minimum atomic E-state index is -0.905. The highest BCUT2D eigenvalue weighted by atomic mass is 16.5. The zero-order chi connectivity index (χ0) is 24.1. The Labute approximate surface area is 193 Å². The van der Waals surface area contributed by atoms with Crippen molar-refractivity contribution < 1.29 is 34.0 Å². The number of hydrogen-bond acceptors (Lipinski definition) is 7. The SMILES string of the molecule is COCCN1C(=O)C(=O)/C(=C(\O)c2cccc(OCC(C)C)c2)C1c1ccc(OC)c(O)c1. The predicted octanol–water partition coefficient (Wildman–Crippen LogP) is 3.50. The number of aliphatic hydroxyl groups is 1. The lowest BCUT2D eigenvalue weighted by molar-refractivity contribution is -0.140. The van der Waals surface area contributed by atoms with Gasteiger partial charge in [-0.25, -0.2) is 0 Å². The van der Waals surface area contributed by atoms with E-state index in [1.54, 1.807) is 36.4 Å². The van der Waals surface area contributed by atoms with Crippen LogP contribution >= 0.6 is 0 Å². The molecule has 2 N–H and O–H groups in total. The largest absolute Gasteiger partial charge is 0.507 e. The van der Waals surface area contributed by atoms with Gasteiger partial charge in [-0.15, -0.1) is 0 Å². The molecular formula is C25H29NO7. The summed E-state index contributed by atoms with van der Waals surface area (Å²) in [5.74, 6) is -0.905. The van der Waals surface area contributed by atoms with E-state index in [-0.39, 0.29) is 36.0 Å². The van der Waals surface area contributed by atoms with E-state index in [0.717, 1.165) is 0 Å². The summed E-state index contributed by atoms with van der Waals surface area (Å²) in [6.07, 6.45) is 0. The minimum absolute atomic E-state index is 0.0679. The molecule has 1 saturated heterocycles. The van der Waals surface area contributed by atoms with E-state index >= 15 is 0 Å². The molecule has 8 nitrogen and oxygen atoms in total. The maximum Gasteiger partial charge on any atom is 0.295 e. The Morgan fingerprint density at radius 3 is 2.52 bits per heavy atom. The summed E-state index contributed by atoms with van der Waals surface area (Å²) in [4.78, 5) is 27.2. The second kappa shape index (κ2) is 10.4. The third-order valence-electron chi connectivity index (χ3n) is 5.29. The van der Waals surface area contributed by atoms with E-state index in [1.807, 2.05) is 13.8 Å². The molecule has 176 valence electrons. The number of likely N-dealkylation sites (tertiary alicyclic amines) is 1. The standard InChI is InChI=1S/C25H29NO7/c1-15(2)14-33-18-7-5-6-17(12-18)23(28)21-22(16-8-9-20(32-4)19(27)13-16)26(10-11-31-3)25(30)24(21)29/h5-9,12-13,15,22,27-28H,10-11,14H2,1-4H3/b23-21-. The molecule has 1 aliphatic rings. The van der Waals surface area contributed by atoms with Gasteiger partial charge in [0.05, 0.1) is 31.9 Å². The van der Waals surface area contributed by atoms with Gasteiger partial charge in [-0.05, 0) is 35.7 Å². The van der Waals surface area contributed by atoms with Gasteiger partial charge in [-0.2, -0.15) is 0 Å². The van der Waals surface area contributed by atoms with E-state index < -0.39 is 17.7 Å². The number of aliphatic hydroxyl groups excluding tert-OH is 1. The van der Waals surface area contributed by atoms with Crippen molar-refractivity contribution in [2.75, 3.05) is 34.0 Å². The van der Waals surface area contributed by atoms with Crippen molar-refractivity contribution in [1.29, 1.82) is 0 Å². The molecule has 0 bridgehead atoms. The summed E-state index contributed by atoms with van der Waals surface area (Å²) in [5.41, 5.74) is 0.739. The molecule has 3 rings (SSSR count). The molecule has 1 aliphatic heterocycles. The van der Waals surface area contributed by atoms with E-state index in [2.05, 4.69) is 0 Å². The molecule has 1 heterocycles. The average Bonchev–Trinajstić information content (AvgIpc) is 3.05. The molecule has 0 aromatic heterocycles. The van der Waals surface area contributed by atoms with Crippen LogP contribution in [0.1, 0.15) is 31.0 Å². The van der Waals surface area contributed by atoms with E-state index in [9.17, 15) is 19.8 Å². The van der Waals surface area contributed by atoms with Crippen molar-refractivity contribution >= 4 is 17.4 Å². The third kappa shape index (κ3) is 5.12. The fraction of sp³-hybridized carbons (Fsp3) is 0.360. The molecule has 0 spiro atoms. The normalized spacial score (nSPS) is 17.6. The van der Waals surface area contributed by atoms with Crippen LogP contribution in [0.3, 0.4) is 0 Å². The van der Waals surface area contributed by atoms with Gasteiger partial charge >= 0.3 is 0 Å². The molecule has 33 heavy (non-hydrogen) atoms. The maximum absolute atomic E-state index is 13.0. The summed E-state index contributed by atoms with van der Waals surface area (Å²) in [6.45, 7) is 4.87. The Balaban J connectivity index is 2.11. The molecular weight excluding hydrogens is 426 g/mol. The molecule has 1 fully saturated rings. The minimum Gasteiger partial charge on any atom is -0.507 e. The number of rotatable bonds is 9. The molecule has 0 radical (unpaired) electrons. The zero-order valence-corrected chi connectivity index (χ0v) is 19.2. The molecule has 1 atom stereocenters. The second-order valence-corrected chi connectivity index (χ2v) is 8.15. The van der Waals surface area contributed by atoms with Crippen LogP contribution in [0, 0.1) is 5.92 Å².